The Hall–Kier alpha value is -1.71. The van der Waals surface area contributed by atoms with E-state index in [4.69, 9.17) is 22.4 Å². The van der Waals surface area contributed by atoms with Crippen LogP contribution in [-0.4, -0.2) is 26.0 Å². The molecule has 1 aromatic rings. The van der Waals surface area contributed by atoms with Crippen molar-refractivity contribution in [1.29, 1.82) is 0 Å². The van der Waals surface area contributed by atoms with Crippen molar-refractivity contribution >= 4 is 5.78 Å². The number of benzene rings is 1. The van der Waals surface area contributed by atoms with Crippen molar-refractivity contribution in [2.75, 3.05) is 14.1 Å². The standard InChI is InChI=1S/C13H18O4/c1-8(2)17-13-11(15-4)6-10(9(3)14)7-12(13)16-5/h6-8H,1-5H3/i4T3,5T3. The smallest absolute Gasteiger partial charge is 0.203 e. The second-order valence-electron chi connectivity index (χ2n) is 3.73. The third-order valence-corrected chi connectivity index (χ3v) is 2.00. The summed E-state index contributed by atoms with van der Waals surface area (Å²) < 4.78 is 58.3. The molecule has 0 aliphatic rings. The number of methoxy groups -OCH3 is 2. The largest absolute Gasteiger partial charge is 0.493 e. The molecule has 0 aliphatic carbocycles. The maximum atomic E-state index is 11.6. The zero-order chi connectivity index (χ0) is 18.0. The molecule has 0 fully saturated rings. The summed E-state index contributed by atoms with van der Waals surface area (Å²) in [6, 6.07) is 2.36. The zero-order valence-electron chi connectivity index (χ0n) is 15.9. The Morgan fingerprint density at radius 1 is 1.24 bits per heavy atom. The summed E-state index contributed by atoms with van der Waals surface area (Å²) >= 11 is 0. The van der Waals surface area contributed by atoms with Crippen LogP contribution in [0.4, 0.5) is 0 Å². The van der Waals surface area contributed by atoms with Crippen molar-refractivity contribution in [3.63, 3.8) is 0 Å². The van der Waals surface area contributed by atoms with Crippen molar-refractivity contribution in [2.24, 2.45) is 0 Å². The van der Waals surface area contributed by atoms with E-state index in [-0.39, 0.29) is 22.8 Å². The number of ether oxygens (including phenoxy) is 3. The second kappa shape index (κ2) is 5.57. The van der Waals surface area contributed by atoms with Crippen LogP contribution in [-0.2, 0) is 0 Å². The first-order valence-corrected chi connectivity index (χ1v) is 5.02. The Labute approximate surface area is 110 Å². The Kier molecular flexibility index (Phi) is 2.26. The topological polar surface area (TPSA) is 44.8 Å². The molecule has 4 nitrogen and oxygen atoms in total. The summed E-state index contributed by atoms with van der Waals surface area (Å²) in [7, 11) is -5.61. The summed E-state index contributed by atoms with van der Waals surface area (Å²) in [5.41, 5.74) is 0.0413. The highest BCUT2D eigenvalue weighted by Crippen LogP contribution is 2.39. The maximum Gasteiger partial charge on any atom is 0.203 e. The van der Waals surface area contributed by atoms with Gasteiger partial charge in [-0.25, -0.2) is 0 Å². The van der Waals surface area contributed by atoms with Crippen LogP contribution >= 0.6 is 0 Å². The van der Waals surface area contributed by atoms with Gasteiger partial charge in [-0.1, -0.05) is 0 Å². The van der Waals surface area contributed by atoms with Gasteiger partial charge in [0.25, 0.3) is 0 Å². The summed E-state index contributed by atoms with van der Waals surface area (Å²) in [4.78, 5) is 11.6. The lowest BCUT2D eigenvalue weighted by molar-refractivity contribution is 0.101. The first-order chi connectivity index (χ1) is 10.3. The van der Waals surface area contributed by atoms with E-state index in [0.717, 1.165) is 0 Å². The molecule has 1 aromatic carbocycles. The van der Waals surface area contributed by atoms with Crippen molar-refractivity contribution < 1.29 is 27.2 Å². The highest BCUT2D eigenvalue weighted by molar-refractivity contribution is 5.95. The molecule has 17 heavy (non-hydrogen) atoms. The normalized spacial score (nSPS) is 16.9. The number of carbonyl (C=O) groups is 1. The number of Topliss-reactive ketones (excluding diaryl/α,β-unsaturated/α-hetero) is 1. The molecule has 0 bridgehead atoms. The molecule has 0 saturated carbocycles. The Balaban J connectivity index is 3.51. The number of rotatable bonds is 5. The van der Waals surface area contributed by atoms with Gasteiger partial charge >= 0.3 is 0 Å². The molecule has 4 heteroatoms. The first-order valence-electron chi connectivity index (χ1n) is 8.02. The van der Waals surface area contributed by atoms with Crippen molar-refractivity contribution in [2.45, 2.75) is 26.9 Å². The van der Waals surface area contributed by atoms with E-state index in [1.165, 1.54) is 19.1 Å². The lowest BCUT2D eigenvalue weighted by Crippen LogP contribution is -2.09. The monoisotopic (exact) mass is 250 g/mol. The molecule has 0 aromatic heterocycles. The van der Waals surface area contributed by atoms with Crippen LogP contribution in [0.1, 0.15) is 39.4 Å². The number of ketones is 1. The number of hydrogen-bond acceptors (Lipinski definition) is 4. The highest BCUT2D eigenvalue weighted by atomic mass is 16.5. The molecule has 1 rings (SSSR count). The van der Waals surface area contributed by atoms with Crippen LogP contribution in [0.5, 0.6) is 17.2 Å². The van der Waals surface area contributed by atoms with Gasteiger partial charge in [-0.05, 0) is 32.9 Å². The van der Waals surface area contributed by atoms with Crippen LogP contribution in [0.25, 0.3) is 0 Å². The summed E-state index contributed by atoms with van der Waals surface area (Å²) in [5, 5.41) is 0. The lowest BCUT2D eigenvalue weighted by atomic mass is 10.1. The van der Waals surface area contributed by atoms with Gasteiger partial charge in [0.15, 0.2) is 17.3 Å². The number of carbonyl (C=O) groups excluding carboxylic acids is 1. The minimum Gasteiger partial charge on any atom is -0.493 e. The van der Waals surface area contributed by atoms with Gasteiger partial charge in [0.2, 0.25) is 5.75 Å². The zero-order valence-corrected chi connectivity index (χ0v) is 9.87. The van der Waals surface area contributed by atoms with E-state index in [0.29, 0.717) is 0 Å². The third kappa shape index (κ3) is 3.12. The summed E-state index contributed by atoms with van der Waals surface area (Å²) in [6.45, 7) is 4.57. The molecule has 0 radical (unpaired) electrons. The van der Waals surface area contributed by atoms with Crippen molar-refractivity contribution in [3.05, 3.63) is 17.7 Å². The van der Waals surface area contributed by atoms with Crippen molar-refractivity contribution in [3.8, 4) is 17.2 Å². The highest BCUT2D eigenvalue weighted by Gasteiger charge is 2.16. The minimum atomic E-state index is -2.80. The molecule has 94 valence electrons. The average Bonchev–Trinajstić information content (AvgIpc) is 2.28. The molecular weight excluding hydrogens is 220 g/mol. The fourth-order valence-electron chi connectivity index (χ4n) is 1.28. The lowest BCUT2D eigenvalue weighted by Gasteiger charge is -2.17. The summed E-state index contributed by atoms with van der Waals surface area (Å²) in [5.74, 6) is -1.17. The van der Waals surface area contributed by atoms with Crippen LogP contribution < -0.4 is 14.2 Å². The van der Waals surface area contributed by atoms with Gasteiger partial charge in [-0.3, -0.25) is 4.79 Å². The first kappa shape index (κ1) is 6.89. The Morgan fingerprint density at radius 2 is 1.76 bits per heavy atom. The molecular formula is C13H18O4. The second-order valence-corrected chi connectivity index (χ2v) is 3.73. The van der Waals surface area contributed by atoms with Crippen LogP contribution in [0, 0.1) is 0 Å². The van der Waals surface area contributed by atoms with Crippen LogP contribution in [0.15, 0.2) is 12.1 Å². The maximum absolute atomic E-state index is 11.6. The average molecular weight is 250 g/mol. The van der Waals surface area contributed by atoms with Crippen molar-refractivity contribution in [1.82, 2.24) is 0 Å². The SMILES string of the molecule is [3H]C([3H])([3H])Oc1cc(C(C)=O)cc(OC([3H])([3H])[3H])c1OC(C)C. The van der Waals surface area contributed by atoms with Crippen LogP contribution in [0.2, 0.25) is 0 Å². The molecule has 0 N–H and O–H groups in total. The van der Waals surface area contributed by atoms with E-state index < -0.39 is 26.0 Å². The van der Waals surface area contributed by atoms with E-state index in [1.54, 1.807) is 13.8 Å². The molecule has 0 saturated heterocycles. The minimum absolute atomic E-state index is 0.0413. The van der Waals surface area contributed by atoms with Crippen LogP contribution in [0.3, 0.4) is 0 Å². The molecule has 0 spiro atoms. The quantitative estimate of drug-likeness (QED) is 0.754. The van der Waals surface area contributed by atoms with Gasteiger partial charge in [0.05, 0.1) is 28.4 Å². The fraction of sp³-hybridized carbons (Fsp3) is 0.462. The van der Waals surface area contributed by atoms with E-state index in [1.807, 2.05) is 0 Å². The molecule has 0 aliphatic heterocycles. The Bertz CT molecular complexity index is 540. The predicted molar refractivity (Wildman–Crippen MR) is 65.3 cm³/mol. The summed E-state index contributed by atoms with van der Waals surface area (Å²) in [6.07, 6.45) is -0.406. The van der Waals surface area contributed by atoms with Gasteiger partial charge < -0.3 is 14.2 Å². The van der Waals surface area contributed by atoms with Gasteiger partial charge in [0.1, 0.15) is 0 Å². The van der Waals surface area contributed by atoms with E-state index in [2.05, 4.69) is 0 Å². The molecule has 0 atom stereocenters. The molecule has 0 unspecified atom stereocenters. The van der Waals surface area contributed by atoms with Gasteiger partial charge in [0, 0.05) is 5.56 Å². The van der Waals surface area contributed by atoms with Gasteiger partial charge in [-0.2, -0.15) is 0 Å². The fourth-order valence-corrected chi connectivity index (χ4v) is 1.28. The molecule has 0 heterocycles. The molecule has 0 amide bonds. The number of hydrogen-bond donors (Lipinski definition) is 0. The van der Waals surface area contributed by atoms with E-state index in [9.17, 15) is 4.79 Å². The predicted octanol–water partition coefficient (Wildman–Crippen LogP) is 2.69. The van der Waals surface area contributed by atoms with E-state index >= 15 is 0 Å². The Morgan fingerprint density at radius 3 is 2.12 bits per heavy atom. The van der Waals surface area contributed by atoms with Gasteiger partial charge in [-0.15, -0.1) is 0 Å². The third-order valence-electron chi connectivity index (χ3n) is 2.00.